The molecule has 72 valence electrons. The van der Waals surface area contributed by atoms with E-state index >= 15 is 0 Å². The molecule has 0 unspecified atom stereocenters. The van der Waals surface area contributed by atoms with Crippen LogP contribution in [0.5, 0.6) is 0 Å². The summed E-state index contributed by atoms with van der Waals surface area (Å²) in [5.74, 6) is -0.377. The molecule has 0 spiro atoms. The maximum Gasteiger partial charge on any atom is 0.255 e. The Bertz CT molecular complexity index is 152. The van der Waals surface area contributed by atoms with E-state index in [9.17, 15) is 13.6 Å². The predicted octanol–water partition coefficient (Wildman–Crippen LogP) is 0.00890. The molecule has 0 saturated carbocycles. The van der Waals surface area contributed by atoms with Crippen LogP contribution in [-0.4, -0.2) is 32.0 Å². The summed E-state index contributed by atoms with van der Waals surface area (Å²) in [6.45, 7) is 0.680. The average molecular weight is 201 g/mol. The lowest BCUT2D eigenvalue weighted by molar-refractivity contribution is -0.127. The van der Waals surface area contributed by atoms with Crippen molar-refractivity contribution in [1.82, 2.24) is 10.6 Å². The first-order valence-corrected chi connectivity index (χ1v) is 3.46. The molecule has 0 bridgehead atoms. The second-order valence-corrected chi connectivity index (χ2v) is 2.49. The standard InChI is InChI=1S/C6H10F2N2O.ClH/c7-5(8)3-10-6(11)4-1-9-2-4;/h4-5,9H,1-3H2,(H,10,11);1H. The zero-order valence-corrected chi connectivity index (χ0v) is 7.16. The normalized spacial score (nSPS) is 16.6. The summed E-state index contributed by atoms with van der Waals surface area (Å²) in [7, 11) is 0. The van der Waals surface area contributed by atoms with E-state index in [1.807, 2.05) is 0 Å². The van der Waals surface area contributed by atoms with Gasteiger partial charge in [0.05, 0.1) is 12.5 Å². The van der Waals surface area contributed by atoms with E-state index in [1.54, 1.807) is 0 Å². The van der Waals surface area contributed by atoms with Gasteiger partial charge in [-0.05, 0) is 0 Å². The van der Waals surface area contributed by atoms with Gasteiger partial charge in [0.25, 0.3) is 6.43 Å². The highest BCUT2D eigenvalue weighted by Gasteiger charge is 2.24. The molecule has 1 aliphatic rings. The summed E-state index contributed by atoms with van der Waals surface area (Å²) in [6, 6.07) is 0. The molecule has 12 heavy (non-hydrogen) atoms. The fourth-order valence-corrected chi connectivity index (χ4v) is 0.796. The first-order valence-electron chi connectivity index (χ1n) is 3.46. The number of alkyl halides is 2. The molecule has 1 heterocycles. The molecule has 6 heteroatoms. The molecule has 0 atom stereocenters. The van der Waals surface area contributed by atoms with Gasteiger partial charge in [0, 0.05) is 13.1 Å². The van der Waals surface area contributed by atoms with E-state index in [2.05, 4.69) is 10.6 Å². The molecule has 1 fully saturated rings. The Morgan fingerprint density at radius 3 is 2.50 bits per heavy atom. The molecule has 0 aromatic rings. The van der Waals surface area contributed by atoms with Gasteiger partial charge in [0.2, 0.25) is 5.91 Å². The summed E-state index contributed by atoms with van der Waals surface area (Å²) < 4.78 is 23.1. The Balaban J connectivity index is 0.00000121. The molecule has 0 aromatic heterocycles. The van der Waals surface area contributed by atoms with E-state index in [-0.39, 0.29) is 24.2 Å². The molecule has 0 radical (unpaired) electrons. The van der Waals surface area contributed by atoms with Crippen LogP contribution in [0, 0.1) is 5.92 Å². The van der Waals surface area contributed by atoms with Crippen molar-refractivity contribution in [2.45, 2.75) is 6.43 Å². The van der Waals surface area contributed by atoms with Gasteiger partial charge in [-0.3, -0.25) is 4.79 Å². The third-order valence-electron chi connectivity index (χ3n) is 1.58. The van der Waals surface area contributed by atoms with Crippen LogP contribution >= 0.6 is 12.4 Å². The van der Waals surface area contributed by atoms with Crippen molar-refractivity contribution in [3.05, 3.63) is 0 Å². The molecule has 1 amide bonds. The summed E-state index contributed by atoms with van der Waals surface area (Å²) >= 11 is 0. The van der Waals surface area contributed by atoms with Crippen molar-refractivity contribution in [3.63, 3.8) is 0 Å². The summed E-state index contributed by atoms with van der Waals surface area (Å²) in [4.78, 5) is 10.8. The van der Waals surface area contributed by atoms with Gasteiger partial charge in [0.1, 0.15) is 0 Å². The molecular formula is C6H11ClF2N2O. The van der Waals surface area contributed by atoms with Crippen molar-refractivity contribution >= 4 is 18.3 Å². The number of nitrogens with one attached hydrogen (secondary N) is 2. The van der Waals surface area contributed by atoms with Crippen LogP contribution in [-0.2, 0) is 4.79 Å². The molecule has 1 rings (SSSR count). The van der Waals surface area contributed by atoms with E-state index in [1.165, 1.54) is 0 Å². The highest BCUT2D eigenvalue weighted by Crippen LogP contribution is 2.02. The van der Waals surface area contributed by atoms with Gasteiger partial charge < -0.3 is 10.6 Å². The van der Waals surface area contributed by atoms with Crippen molar-refractivity contribution in [1.29, 1.82) is 0 Å². The monoisotopic (exact) mass is 200 g/mol. The number of rotatable bonds is 3. The fourth-order valence-electron chi connectivity index (χ4n) is 0.796. The van der Waals surface area contributed by atoms with Crippen molar-refractivity contribution < 1.29 is 13.6 Å². The zero-order chi connectivity index (χ0) is 8.27. The van der Waals surface area contributed by atoms with Gasteiger partial charge in [-0.2, -0.15) is 0 Å². The fraction of sp³-hybridized carbons (Fsp3) is 0.833. The maximum atomic E-state index is 11.6. The number of halogens is 3. The van der Waals surface area contributed by atoms with Crippen LogP contribution in [0.25, 0.3) is 0 Å². The molecule has 2 N–H and O–H groups in total. The Labute approximate surface area is 75.3 Å². The zero-order valence-electron chi connectivity index (χ0n) is 6.35. The minimum absolute atomic E-state index is 0. The van der Waals surface area contributed by atoms with Crippen LogP contribution in [0.3, 0.4) is 0 Å². The number of hydrogen-bond donors (Lipinski definition) is 2. The van der Waals surface area contributed by atoms with Crippen LogP contribution in [0.2, 0.25) is 0 Å². The molecular weight excluding hydrogens is 190 g/mol. The van der Waals surface area contributed by atoms with Gasteiger partial charge >= 0.3 is 0 Å². The van der Waals surface area contributed by atoms with E-state index in [0.717, 1.165) is 0 Å². The van der Waals surface area contributed by atoms with E-state index < -0.39 is 13.0 Å². The lowest BCUT2D eigenvalue weighted by atomic mass is 10.0. The third kappa shape index (κ3) is 3.32. The van der Waals surface area contributed by atoms with Gasteiger partial charge in [-0.25, -0.2) is 8.78 Å². The lowest BCUT2D eigenvalue weighted by Gasteiger charge is -2.25. The van der Waals surface area contributed by atoms with Crippen molar-refractivity contribution in [3.8, 4) is 0 Å². The van der Waals surface area contributed by atoms with E-state index in [4.69, 9.17) is 0 Å². The summed E-state index contributed by atoms with van der Waals surface area (Å²) in [5, 5.41) is 5.04. The first kappa shape index (κ1) is 11.6. The quantitative estimate of drug-likeness (QED) is 0.674. The minimum Gasteiger partial charge on any atom is -0.350 e. The number of carbonyl (C=O) groups is 1. The van der Waals surface area contributed by atoms with Gasteiger partial charge in [-0.15, -0.1) is 12.4 Å². The molecule has 3 nitrogen and oxygen atoms in total. The largest absolute Gasteiger partial charge is 0.350 e. The second kappa shape index (κ2) is 5.27. The van der Waals surface area contributed by atoms with Crippen LogP contribution in [0.15, 0.2) is 0 Å². The Morgan fingerprint density at radius 1 is 1.58 bits per heavy atom. The minimum atomic E-state index is -2.45. The topological polar surface area (TPSA) is 41.1 Å². The maximum absolute atomic E-state index is 11.6. The first-order chi connectivity index (χ1) is 5.20. The lowest BCUT2D eigenvalue weighted by Crippen LogP contribution is -2.51. The number of hydrogen-bond acceptors (Lipinski definition) is 2. The number of carbonyl (C=O) groups excluding carboxylic acids is 1. The molecule has 0 aromatic carbocycles. The highest BCUT2D eigenvalue weighted by molar-refractivity contribution is 5.85. The second-order valence-electron chi connectivity index (χ2n) is 2.49. The Morgan fingerprint density at radius 2 is 2.17 bits per heavy atom. The smallest absolute Gasteiger partial charge is 0.255 e. The van der Waals surface area contributed by atoms with Gasteiger partial charge in [0.15, 0.2) is 0 Å². The summed E-state index contributed by atoms with van der Waals surface area (Å²) in [5.41, 5.74) is 0. The van der Waals surface area contributed by atoms with Gasteiger partial charge in [-0.1, -0.05) is 0 Å². The van der Waals surface area contributed by atoms with Crippen molar-refractivity contribution in [2.24, 2.45) is 5.92 Å². The van der Waals surface area contributed by atoms with E-state index in [0.29, 0.717) is 13.1 Å². The third-order valence-corrected chi connectivity index (χ3v) is 1.58. The Hall–Kier alpha value is -0.420. The van der Waals surface area contributed by atoms with Crippen LogP contribution < -0.4 is 10.6 Å². The highest BCUT2D eigenvalue weighted by atomic mass is 35.5. The molecule has 1 saturated heterocycles. The Kier molecular flexibility index (Phi) is 5.08. The average Bonchev–Trinajstić information content (AvgIpc) is 1.79. The van der Waals surface area contributed by atoms with Crippen LogP contribution in [0.4, 0.5) is 8.78 Å². The molecule has 1 aliphatic heterocycles. The van der Waals surface area contributed by atoms with Crippen molar-refractivity contribution in [2.75, 3.05) is 19.6 Å². The van der Waals surface area contributed by atoms with Crippen LogP contribution in [0.1, 0.15) is 0 Å². The molecule has 0 aliphatic carbocycles. The summed E-state index contributed by atoms with van der Waals surface area (Å²) in [6.07, 6.45) is -2.45. The predicted molar refractivity (Wildman–Crippen MR) is 42.6 cm³/mol. The number of amides is 1. The SMILES string of the molecule is Cl.O=C(NCC(F)F)C1CNC1.